The Balaban J connectivity index is 2.21. The molecule has 0 aliphatic carbocycles. The van der Waals surface area contributed by atoms with E-state index < -0.39 is 0 Å². The minimum Gasteiger partial charge on any atom is -0.453 e. The summed E-state index contributed by atoms with van der Waals surface area (Å²) in [5, 5.41) is 3.83. The second kappa shape index (κ2) is 7.25. The van der Waals surface area contributed by atoms with Crippen LogP contribution in [0.1, 0.15) is 25.5 Å². The first-order chi connectivity index (χ1) is 10.0. The van der Waals surface area contributed by atoms with Gasteiger partial charge >= 0.3 is 0 Å². The van der Waals surface area contributed by atoms with Crippen LogP contribution in [0.2, 0.25) is 5.02 Å². The number of ether oxygens (including phenoxy) is 1. The fraction of sp³-hybridized carbons (Fsp3) is 0.250. The minimum atomic E-state index is -0.390. The molecule has 1 unspecified atom stereocenters. The van der Waals surface area contributed by atoms with E-state index in [1.54, 1.807) is 24.3 Å². The van der Waals surface area contributed by atoms with Crippen LogP contribution < -0.4 is 10.1 Å². The van der Waals surface area contributed by atoms with Crippen LogP contribution in [0.5, 0.6) is 11.5 Å². The molecule has 21 heavy (non-hydrogen) atoms. The average Bonchev–Trinajstić information content (AvgIpc) is 2.44. The van der Waals surface area contributed by atoms with Crippen molar-refractivity contribution < 1.29 is 9.13 Å². The zero-order valence-electron chi connectivity index (χ0n) is 11.8. The largest absolute Gasteiger partial charge is 0.453 e. The molecule has 0 spiro atoms. The first kappa shape index (κ1) is 16.3. The summed E-state index contributed by atoms with van der Waals surface area (Å²) in [6.45, 7) is 4.84. The molecule has 0 fully saturated rings. The summed E-state index contributed by atoms with van der Waals surface area (Å²) in [5.41, 5.74) is 0.886. The molecule has 1 N–H and O–H groups in total. The van der Waals surface area contributed by atoms with Crippen molar-refractivity contribution in [2.45, 2.75) is 19.9 Å². The lowest BCUT2D eigenvalue weighted by Crippen LogP contribution is -2.17. The van der Waals surface area contributed by atoms with E-state index in [4.69, 9.17) is 16.3 Å². The lowest BCUT2D eigenvalue weighted by Gasteiger charge is -2.14. The highest BCUT2D eigenvalue weighted by Crippen LogP contribution is 2.33. The maximum Gasteiger partial charge on any atom is 0.166 e. The Morgan fingerprint density at radius 1 is 1.24 bits per heavy atom. The van der Waals surface area contributed by atoms with Crippen molar-refractivity contribution in [2.75, 3.05) is 6.54 Å². The van der Waals surface area contributed by atoms with Crippen molar-refractivity contribution in [3.8, 4) is 11.5 Å². The lowest BCUT2D eigenvalue weighted by molar-refractivity contribution is 0.438. The van der Waals surface area contributed by atoms with E-state index in [2.05, 4.69) is 21.2 Å². The van der Waals surface area contributed by atoms with Crippen LogP contribution in [0.15, 0.2) is 40.9 Å². The smallest absolute Gasteiger partial charge is 0.166 e. The number of halogens is 3. The predicted molar refractivity (Wildman–Crippen MR) is 87.7 cm³/mol. The monoisotopic (exact) mass is 371 g/mol. The molecule has 2 nitrogen and oxygen atoms in total. The number of rotatable bonds is 5. The van der Waals surface area contributed by atoms with Crippen LogP contribution >= 0.6 is 27.5 Å². The van der Waals surface area contributed by atoms with Gasteiger partial charge in [-0.05, 0) is 65.3 Å². The zero-order chi connectivity index (χ0) is 15.4. The lowest BCUT2D eigenvalue weighted by atomic mass is 10.1. The van der Waals surface area contributed by atoms with Gasteiger partial charge in [-0.15, -0.1) is 0 Å². The Labute approximate surface area is 137 Å². The van der Waals surface area contributed by atoms with Crippen molar-refractivity contribution in [2.24, 2.45) is 0 Å². The predicted octanol–water partition coefficient (Wildman–Crippen LogP) is 5.70. The number of benzene rings is 2. The van der Waals surface area contributed by atoms with Gasteiger partial charge in [-0.1, -0.05) is 24.6 Å². The van der Waals surface area contributed by atoms with Crippen molar-refractivity contribution in [1.82, 2.24) is 5.32 Å². The van der Waals surface area contributed by atoms with Crippen LogP contribution in [0, 0.1) is 5.82 Å². The molecular formula is C16H16BrClFNO. The third-order valence-corrected chi connectivity index (χ3v) is 3.93. The fourth-order valence-corrected chi connectivity index (χ4v) is 2.73. The summed E-state index contributed by atoms with van der Waals surface area (Å²) in [7, 11) is 0. The van der Waals surface area contributed by atoms with E-state index in [0.717, 1.165) is 12.1 Å². The van der Waals surface area contributed by atoms with E-state index in [0.29, 0.717) is 15.2 Å². The molecule has 0 amide bonds. The normalized spacial score (nSPS) is 12.2. The van der Waals surface area contributed by atoms with Gasteiger partial charge in [0.05, 0.1) is 4.47 Å². The third-order valence-electron chi connectivity index (χ3n) is 3.08. The Morgan fingerprint density at radius 3 is 2.57 bits per heavy atom. The van der Waals surface area contributed by atoms with Crippen LogP contribution in [0.25, 0.3) is 0 Å². The van der Waals surface area contributed by atoms with Gasteiger partial charge in [0.1, 0.15) is 5.75 Å². The van der Waals surface area contributed by atoms with Gasteiger partial charge in [-0.2, -0.15) is 0 Å². The minimum absolute atomic E-state index is 0.0980. The van der Waals surface area contributed by atoms with E-state index in [-0.39, 0.29) is 17.6 Å². The second-order valence-corrected chi connectivity index (χ2v) is 5.94. The Morgan fingerprint density at radius 2 is 1.95 bits per heavy atom. The molecule has 2 rings (SSSR count). The zero-order valence-corrected chi connectivity index (χ0v) is 14.1. The third kappa shape index (κ3) is 4.19. The van der Waals surface area contributed by atoms with Gasteiger partial charge in [0.15, 0.2) is 11.6 Å². The highest BCUT2D eigenvalue weighted by atomic mass is 79.9. The highest BCUT2D eigenvalue weighted by Gasteiger charge is 2.11. The Hall–Kier alpha value is -1.10. The molecule has 0 saturated heterocycles. The van der Waals surface area contributed by atoms with Crippen LogP contribution in [0.4, 0.5) is 4.39 Å². The van der Waals surface area contributed by atoms with Gasteiger partial charge in [0.25, 0.3) is 0 Å². The van der Waals surface area contributed by atoms with Gasteiger partial charge < -0.3 is 10.1 Å². The standard InChI is InChI=1S/C16H16BrClFNO/c1-3-20-10(2)11-4-6-16(14(19)8-11)21-15-7-5-12(18)9-13(15)17/h4-10,20H,3H2,1-2H3. The van der Waals surface area contributed by atoms with E-state index >= 15 is 0 Å². The Kier molecular flexibility index (Phi) is 5.62. The maximum atomic E-state index is 14.2. The second-order valence-electron chi connectivity index (χ2n) is 4.65. The summed E-state index contributed by atoms with van der Waals surface area (Å²) in [4.78, 5) is 0. The maximum absolute atomic E-state index is 14.2. The molecule has 0 aliphatic rings. The molecule has 0 aliphatic heterocycles. The molecule has 112 valence electrons. The van der Waals surface area contributed by atoms with Crippen LogP contribution in [0.3, 0.4) is 0 Å². The van der Waals surface area contributed by atoms with E-state index in [9.17, 15) is 4.39 Å². The average molecular weight is 373 g/mol. The van der Waals surface area contributed by atoms with Crippen molar-refractivity contribution in [3.05, 3.63) is 57.3 Å². The summed E-state index contributed by atoms with van der Waals surface area (Å²) >= 11 is 9.22. The van der Waals surface area contributed by atoms with Gasteiger partial charge in [0.2, 0.25) is 0 Å². The number of hydrogen-bond acceptors (Lipinski definition) is 2. The van der Waals surface area contributed by atoms with Crippen molar-refractivity contribution >= 4 is 27.5 Å². The molecular weight excluding hydrogens is 357 g/mol. The molecule has 0 saturated carbocycles. The summed E-state index contributed by atoms with van der Waals surface area (Å²) < 4.78 is 20.4. The molecule has 2 aromatic carbocycles. The molecule has 1 atom stereocenters. The molecule has 5 heteroatoms. The quantitative estimate of drug-likeness (QED) is 0.726. The topological polar surface area (TPSA) is 21.3 Å². The van der Waals surface area contributed by atoms with E-state index in [1.807, 2.05) is 19.9 Å². The molecule has 0 heterocycles. The number of nitrogens with one attached hydrogen (secondary N) is 1. The first-order valence-corrected chi connectivity index (χ1v) is 7.84. The van der Waals surface area contributed by atoms with Crippen molar-refractivity contribution in [3.63, 3.8) is 0 Å². The first-order valence-electron chi connectivity index (χ1n) is 6.67. The molecule has 0 radical (unpaired) electrons. The summed E-state index contributed by atoms with van der Waals surface area (Å²) in [6.07, 6.45) is 0. The van der Waals surface area contributed by atoms with E-state index in [1.165, 1.54) is 6.07 Å². The van der Waals surface area contributed by atoms with Crippen LogP contribution in [-0.2, 0) is 0 Å². The number of hydrogen-bond donors (Lipinski definition) is 1. The van der Waals surface area contributed by atoms with Gasteiger partial charge in [0, 0.05) is 11.1 Å². The molecule has 2 aromatic rings. The Bertz CT molecular complexity index is 636. The van der Waals surface area contributed by atoms with Gasteiger partial charge in [-0.25, -0.2) is 4.39 Å². The van der Waals surface area contributed by atoms with Crippen LogP contribution in [-0.4, -0.2) is 6.54 Å². The SMILES string of the molecule is CCNC(C)c1ccc(Oc2ccc(Cl)cc2Br)c(F)c1. The molecule has 0 bridgehead atoms. The van der Waals surface area contributed by atoms with Gasteiger partial charge in [-0.3, -0.25) is 0 Å². The highest BCUT2D eigenvalue weighted by molar-refractivity contribution is 9.10. The fourth-order valence-electron chi connectivity index (χ4n) is 1.97. The summed E-state index contributed by atoms with van der Waals surface area (Å²) in [6, 6.07) is 10.2. The molecule has 0 aromatic heterocycles. The summed E-state index contributed by atoms with van der Waals surface area (Å²) in [5.74, 6) is 0.315. The van der Waals surface area contributed by atoms with Crippen molar-refractivity contribution in [1.29, 1.82) is 0 Å².